The molecule has 0 unspecified atom stereocenters. The third kappa shape index (κ3) is 4.63. The molecule has 2 aromatic rings. The van der Waals surface area contributed by atoms with Crippen molar-refractivity contribution in [1.29, 1.82) is 0 Å². The van der Waals surface area contributed by atoms with Crippen molar-refractivity contribution in [3.05, 3.63) is 69.7 Å². The van der Waals surface area contributed by atoms with Gasteiger partial charge in [-0.1, -0.05) is 46.3 Å². The summed E-state index contributed by atoms with van der Waals surface area (Å²) >= 11 is 2.99. The molecule has 0 aliphatic rings. The van der Waals surface area contributed by atoms with Gasteiger partial charge in [-0.3, -0.25) is 0 Å². The molecule has 0 aromatic heterocycles. The number of hydrogen-bond acceptors (Lipinski definition) is 3. The van der Waals surface area contributed by atoms with Crippen molar-refractivity contribution < 1.29 is 27.5 Å². The lowest BCUT2D eigenvalue weighted by molar-refractivity contribution is -0.109. The predicted molar refractivity (Wildman–Crippen MR) is 92.2 cm³/mol. The second-order valence-electron chi connectivity index (χ2n) is 5.52. The molecule has 26 heavy (non-hydrogen) atoms. The SMILES string of the molecule is O=CC[C@](CF)(NC(=O)OCc1ccccc1)c1cc(Br)cc(F)c1F. The molecular formula is C18H15BrF3NO3. The first-order valence-corrected chi connectivity index (χ1v) is 8.34. The van der Waals surface area contributed by atoms with Gasteiger partial charge in [-0.2, -0.15) is 0 Å². The molecular weight excluding hydrogens is 415 g/mol. The molecule has 0 aliphatic heterocycles. The molecule has 0 bridgehead atoms. The fourth-order valence-electron chi connectivity index (χ4n) is 2.39. The van der Waals surface area contributed by atoms with E-state index in [4.69, 9.17) is 4.74 Å². The maximum Gasteiger partial charge on any atom is 0.408 e. The largest absolute Gasteiger partial charge is 0.445 e. The van der Waals surface area contributed by atoms with Gasteiger partial charge in [-0.05, 0) is 17.7 Å². The molecule has 4 nitrogen and oxygen atoms in total. The van der Waals surface area contributed by atoms with Crippen LogP contribution in [0.2, 0.25) is 0 Å². The number of halogens is 4. The summed E-state index contributed by atoms with van der Waals surface area (Å²) in [6, 6.07) is 10.7. The number of alkyl carbamates (subject to hydrolysis) is 1. The first-order chi connectivity index (χ1) is 12.4. The number of alkyl halides is 1. The van der Waals surface area contributed by atoms with E-state index in [0.29, 0.717) is 11.8 Å². The maximum atomic E-state index is 14.2. The molecule has 0 heterocycles. The van der Waals surface area contributed by atoms with Gasteiger partial charge in [-0.25, -0.2) is 18.0 Å². The molecule has 1 atom stereocenters. The van der Waals surface area contributed by atoms with Crippen LogP contribution in [-0.4, -0.2) is 19.1 Å². The van der Waals surface area contributed by atoms with Crippen LogP contribution in [0, 0.1) is 11.6 Å². The zero-order valence-corrected chi connectivity index (χ0v) is 15.1. The van der Waals surface area contributed by atoms with Crippen LogP contribution in [0.15, 0.2) is 46.9 Å². The Balaban J connectivity index is 2.26. The van der Waals surface area contributed by atoms with Gasteiger partial charge in [0.2, 0.25) is 0 Å². The number of nitrogens with one attached hydrogen (secondary N) is 1. The summed E-state index contributed by atoms with van der Waals surface area (Å²) in [5.74, 6) is -2.59. The maximum absolute atomic E-state index is 14.2. The molecule has 0 spiro atoms. The van der Waals surface area contributed by atoms with Crippen molar-refractivity contribution >= 4 is 28.3 Å². The van der Waals surface area contributed by atoms with Crippen LogP contribution < -0.4 is 5.32 Å². The Kier molecular flexibility index (Phi) is 6.79. The van der Waals surface area contributed by atoms with Crippen LogP contribution in [0.3, 0.4) is 0 Å². The van der Waals surface area contributed by atoms with Crippen LogP contribution >= 0.6 is 15.9 Å². The number of benzene rings is 2. The van der Waals surface area contributed by atoms with Crippen LogP contribution in [0.5, 0.6) is 0 Å². The molecule has 0 saturated carbocycles. The summed E-state index contributed by atoms with van der Waals surface area (Å²) in [7, 11) is 0. The lowest BCUT2D eigenvalue weighted by Gasteiger charge is -2.31. The van der Waals surface area contributed by atoms with Gasteiger partial charge in [0.05, 0.1) is 0 Å². The average Bonchev–Trinajstić information content (AvgIpc) is 2.63. The number of aldehydes is 1. The van der Waals surface area contributed by atoms with E-state index in [-0.39, 0.29) is 11.1 Å². The second kappa shape index (κ2) is 8.84. The summed E-state index contributed by atoms with van der Waals surface area (Å²) in [5, 5.41) is 2.17. The third-order valence-electron chi connectivity index (χ3n) is 3.72. The van der Waals surface area contributed by atoms with E-state index in [2.05, 4.69) is 21.2 Å². The summed E-state index contributed by atoms with van der Waals surface area (Å²) in [6.07, 6.45) is -1.35. The number of ether oxygens (including phenoxy) is 1. The highest BCUT2D eigenvalue weighted by molar-refractivity contribution is 9.10. The molecule has 138 valence electrons. The molecule has 2 aromatic carbocycles. The highest BCUT2D eigenvalue weighted by Crippen LogP contribution is 2.31. The topological polar surface area (TPSA) is 55.4 Å². The van der Waals surface area contributed by atoms with Crippen molar-refractivity contribution in [3.8, 4) is 0 Å². The Labute approximate surface area is 156 Å². The van der Waals surface area contributed by atoms with Crippen LogP contribution in [0.4, 0.5) is 18.0 Å². The molecule has 8 heteroatoms. The number of carbonyl (C=O) groups excluding carboxylic acids is 2. The van der Waals surface area contributed by atoms with E-state index in [1.54, 1.807) is 30.3 Å². The quantitative estimate of drug-likeness (QED) is 0.523. The number of carbonyl (C=O) groups is 2. The van der Waals surface area contributed by atoms with Crippen molar-refractivity contribution in [2.24, 2.45) is 0 Å². The van der Waals surface area contributed by atoms with E-state index < -0.39 is 41.9 Å². The lowest BCUT2D eigenvalue weighted by atomic mass is 9.87. The molecule has 0 fully saturated rings. The van der Waals surface area contributed by atoms with Crippen LogP contribution in [-0.2, 0) is 21.7 Å². The van der Waals surface area contributed by atoms with Crippen molar-refractivity contribution in [1.82, 2.24) is 5.32 Å². The first-order valence-electron chi connectivity index (χ1n) is 7.55. The van der Waals surface area contributed by atoms with E-state index in [1.165, 1.54) is 0 Å². The highest BCUT2D eigenvalue weighted by Gasteiger charge is 2.38. The van der Waals surface area contributed by atoms with Crippen LogP contribution in [0.1, 0.15) is 17.5 Å². The molecule has 0 saturated heterocycles. The average molecular weight is 430 g/mol. The summed E-state index contributed by atoms with van der Waals surface area (Å²) in [5.41, 5.74) is -1.89. The molecule has 1 N–H and O–H groups in total. The van der Waals surface area contributed by atoms with E-state index in [9.17, 15) is 22.8 Å². The highest BCUT2D eigenvalue weighted by atomic mass is 79.9. The summed E-state index contributed by atoms with van der Waals surface area (Å²) < 4.78 is 46.9. The van der Waals surface area contributed by atoms with Gasteiger partial charge in [-0.15, -0.1) is 0 Å². The zero-order chi connectivity index (χ0) is 19.2. The molecule has 2 rings (SSSR count). The minimum atomic E-state index is -2.08. The predicted octanol–water partition coefficient (Wildman–Crippen LogP) is 4.41. The Bertz CT molecular complexity index is 789. The van der Waals surface area contributed by atoms with E-state index in [0.717, 1.165) is 12.1 Å². The van der Waals surface area contributed by atoms with Crippen LogP contribution in [0.25, 0.3) is 0 Å². The van der Waals surface area contributed by atoms with Gasteiger partial charge in [0.15, 0.2) is 11.6 Å². The number of rotatable bonds is 7. The second-order valence-corrected chi connectivity index (χ2v) is 6.44. The Morgan fingerprint density at radius 1 is 1.23 bits per heavy atom. The number of amides is 1. The molecule has 1 amide bonds. The van der Waals surface area contributed by atoms with Gasteiger partial charge in [0.1, 0.15) is 25.1 Å². The first kappa shape index (κ1) is 20.0. The summed E-state index contributed by atoms with van der Waals surface area (Å²) in [6.45, 7) is -1.44. The fraction of sp³-hybridized carbons (Fsp3) is 0.222. The summed E-state index contributed by atoms with van der Waals surface area (Å²) in [4.78, 5) is 23.1. The Morgan fingerprint density at radius 3 is 2.54 bits per heavy atom. The third-order valence-corrected chi connectivity index (χ3v) is 4.18. The normalized spacial score (nSPS) is 12.9. The Hall–Kier alpha value is -2.35. The van der Waals surface area contributed by atoms with E-state index in [1.807, 2.05) is 0 Å². The molecule has 0 radical (unpaired) electrons. The van der Waals surface area contributed by atoms with Crippen molar-refractivity contribution in [3.63, 3.8) is 0 Å². The Morgan fingerprint density at radius 2 is 1.92 bits per heavy atom. The monoisotopic (exact) mass is 429 g/mol. The minimum absolute atomic E-state index is 0.106. The van der Waals surface area contributed by atoms with Gasteiger partial charge in [0.25, 0.3) is 0 Å². The van der Waals surface area contributed by atoms with Gasteiger partial charge in [0, 0.05) is 16.5 Å². The van der Waals surface area contributed by atoms with Gasteiger partial charge < -0.3 is 14.8 Å². The fourth-order valence-corrected chi connectivity index (χ4v) is 2.82. The minimum Gasteiger partial charge on any atom is -0.445 e. The van der Waals surface area contributed by atoms with Crippen molar-refractivity contribution in [2.75, 3.05) is 6.67 Å². The number of hydrogen-bond donors (Lipinski definition) is 1. The van der Waals surface area contributed by atoms with Crippen molar-refractivity contribution in [2.45, 2.75) is 18.6 Å². The van der Waals surface area contributed by atoms with Gasteiger partial charge >= 0.3 is 6.09 Å². The standard InChI is InChI=1S/C18H15BrF3NO3/c19-13-8-14(16(22)15(21)9-13)18(11-20,6-7-24)23-17(25)26-10-12-4-2-1-3-5-12/h1-5,7-9H,6,10-11H2,(H,23,25)/t18-/m1/s1. The smallest absolute Gasteiger partial charge is 0.408 e. The zero-order valence-electron chi connectivity index (χ0n) is 13.5. The van der Waals surface area contributed by atoms with E-state index >= 15 is 0 Å². The molecule has 0 aliphatic carbocycles. The lowest BCUT2D eigenvalue weighted by Crippen LogP contribution is -2.49.